The molecule has 0 spiro atoms. The molecule has 0 aliphatic carbocycles. The van der Waals surface area contributed by atoms with Crippen LogP contribution in [0.5, 0.6) is 5.75 Å². The number of nitrogens with zero attached hydrogens (tertiary/aromatic N) is 1. The summed E-state index contributed by atoms with van der Waals surface area (Å²) < 4.78 is 5.12. The monoisotopic (exact) mass is 297 g/mol. The molecule has 1 heterocycles. The zero-order valence-electron chi connectivity index (χ0n) is 12.7. The summed E-state index contributed by atoms with van der Waals surface area (Å²) in [7, 11) is 1.58. The maximum Gasteiger partial charge on any atom is 0.233 e. The van der Waals surface area contributed by atoms with Crippen LogP contribution in [0.15, 0.2) is 42.1 Å². The fourth-order valence-electron chi connectivity index (χ4n) is 2.67. The van der Waals surface area contributed by atoms with Crippen LogP contribution in [0.4, 0.5) is 5.69 Å². The molecular weight excluding hydrogens is 278 g/mol. The second-order valence-electron chi connectivity index (χ2n) is 5.22. The first-order valence-electron chi connectivity index (χ1n) is 7.00. The van der Waals surface area contributed by atoms with Crippen LogP contribution < -0.4 is 9.64 Å². The number of carbonyl (C=O) groups is 1. The Morgan fingerprint density at radius 2 is 2.14 bits per heavy atom. The summed E-state index contributed by atoms with van der Waals surface area (Å²) in [6, 6.07) is 6.73. The van der Waals surface area contributed by atoms with E-state index >= 15 is 0 Å². The minimum absolute atomic E-state index is 0.0796. The molecule has 3 unspecified atom stereocenters. The maximum absolute atomic E-state index is 12.4. The zero-order valence-corrected chi connectivity index (χ0v) is 12.7. The van der Waals surface area contributed by atoms with Gasteiger partial charge in [0.15, 0.2) is 0 Å². The maximum atomic E-state index is 12.4. The van der Waals surface area contributed by atoms with Gasteiger partial charge in [-0.2, -0.15) is 0 Å². The molecule has 4 heteroatoms. The van der Waals surface area contributed by atoms with Gasteiger partial charge in [-0.3, -0.25) is 4.79 Å². The van der Waals surface area contributed by atoms with E-state index in [1.807, 2.05) is 0 Å². The molecule has 4 nitrogen and oxygen atoms in total. The molecular formula is C18H19NO3. The highest BCUT2D eigenvalue weighted by Crippen LogP contribution is 2.38. The Hall–Kier alpha value is -2.47. The van der Waals surface area contributed by atoms with Crippen molar-refractivity contribution in [1.29, 1.82) is 0 Å². The number of aliphatic hydroxyl groups is 1. The van der Waals surface area contributed by atoms with Crippen molar-refractivity contribution in [3.05, 3.63) is 42.1 Å². The zero-order chi connectivity index (χ0) is 16.3. The molecule has 1 aromatic carbocycles. The third-order valence-corrected chi connectivity index (χ3v) is 4.00. The molecule has 0 aromatic heterocycles. The van der Waals surface area contributed by atoms with Crippen LogP contribution in [0.1, 0.15) is 13.3 Å². The summed E-state index contributed by atoms with van der Waals surface area (Å²) in [5.74, 6) is 2.75. The van der Waals surface area contributed by atoms with Gasteiger partial charge in [0.05, 0.1) is 19.1 Å². The summed E-state index contributed by atoms with van der Waals surface area (Å²) in [6.07, 6.45) is 4.81. The van der Waals surface area contributed by atoms with Crippen LogP contribution >= 0.6 is 0 Å². The van der Waals surface area contributed by atoms with Gasteiger partial charge in [0.25, 0.3) is 0 Å². The number of terminal acetylenes is 1. The topological polar surface area (TPSA) is 49.8 Å². The Kier molecular flexibility index (Phi) is 4.72. The lowest BCUT2D eigenvalue weighted by atomic mass is 9.79. The van der Waals surface area contributed by atoms with Crippen molar-refractivity contribution in [2.75, 3.05) is 12.0 Å². The molecule has 3 atom stereocenters. The number of benzene rings is 1. The summed E-state index contributed by atoms with van der Waals surface area (Å²) in [4.78, 5) is 14.0. The molecule has 2 rings (SSSR count). The second-order valence-corrected chi connectivity index (χ2v) is 5.22. The molecule has 1 aliphatic rings. The van der Waals surface area contributed by atoms with Gasteiger partial charge in [-0.1, -0.05) is 6.58 Å². The van der Waals surface area contributed by atoms with Gasteiger partial charge >= 0.3 is 0 Å². The highest BCUT2D eigenvalue weighted by Gasteiger charge is 2.51. The van der Waals surface area contributed by atoms with Crippen LogP contribution in [-0.4, -0.2) is 30.3 Å². The van der Waals surface area contributed by atoms with E-state index in [-0.39, 0.29) is 11.8 Å². The van der Waals surface area contributed by atoms with E-state index in [4.69, 9.17) is 11.2 Å². The standard InChI is InChI=1S/C18H19NO3/c1-5-7-15-16(17(20)12(3)6-2)19(18(15)21)13-8-10-14(22-4)11-9-13/h1,8-11,15-17,20H,2,7H2,3-4H3. The second kappa shape index (κ2) is 6.53. The van der Waals surface area contributed by atoms with Crippen molar-refractivity contribution in [2.45, 2.75) is 25.5 Å². The van der Waals surface area contributed by atoms with Crippen molar-refractivity contribution in [3.8, 4) is 18.1 Å². The van der Waals surface area contributed by atoms with Crippen LogP contribution in [0.3, 0.4) is 0 Å². The molecule has 1 fully saturated rings. The number of hydrogen-bond acceptors (Lipinski definition) is 3. The molecule has 1 amide bonds. The lowest BCUT2D eigenvalue weighted by Crippen LogP contribution is -2.66. The van der Waals surface area contributed by atoms with Crippen LogP contribution in [0, 0.1) is 18.3 Å². The molecule has 1 N–H and O–H groups in total. The van der Waals surface area contributed by atoms with Crippen LogP contribution in [-0.2, 0) is 4.79 Å². The fraction of sp³-hybridized carbons (Fsp3) is 0.333. The lowest BCUT2D eigenvalue weighted by Gasteiger charge is -2.48. The number of anilines is 1. The Labute approximate surface area is 130 Å². The van der Waals surface area contributed by atoms with Crippen molar-refractivity contribution in [3.63, 3.8) is 0 Å². The number of rotatable bonds is 5. The average Bonchev–Trinajstić information content (AvgIpc) is 2.56. The van der Waals surface area contributed by atoms with Gasteiger partial charge < -0.3 is 14.7 Å². The molecule has 0 radical (unpaired) electrons. The van der Waals surface area contributed by atoms with Crippen LogP contribution in [0.2, 0.25) is 0 Å². The van der Waals surface area contributed by atoms with Gasteiger partial charge in [0.1, 0.15) is 11.9 Å². The van der Waals surface area contributed by atoms with E-state index in [1.165, 1.54) is 0 Å². The van der Waals surface area contributed by atoms with E-state index < -0.39 is 12.1 Å². The summed E-state index contributed by atoms with van der Waals surface area (Å²) in [6.45, 7) is 5.29. The molecule has 0 saturated carbocycles. The molecule has 22 heavy (non-hydrogen) atoms. The molecule has 1 aliphatic heterocycles. The fourth-order valence-corrected chi connectivity index (χ4v) is 2.67. The van der Waals surface area contributed by atoms with Crippen molar-refractivity contribution < 1.29 is 14.6 Å². The third-order valence-electron chi connectivity index (χ3n) is 4.00. The molecule has 1 aromatic rings. The minimum Gasteiger partial charge on any atom is -0.497 e. The Morgan fingerprint density at radius 1 is 1.50 bits per heavy atom. The predicted octanol–water partition coefficient (Wildman–Crippen LogP) is 2.14. The Bertz CT molecular complexity index is 650. The number of ether oxygens (including phenoxy) is 1. The third kappa shape index (κ3) is 2.65. The lowest BCUT2D eigenvalue weighted by molar-refractivity contribution is -0.132. The van der Waals surface area contributed by atoms with Crippen molar-refractivity contribution in [2.24, 2.45) is 5.92 Å². The van der Waals surface area contributed by atoms with E-state index in [9.17, 15) is 9.90 Å². The van der Waals surface area contributed by atoms with Crippen molar-refractivity contribution in [1.82, 2.24) is 0 Å². The van der Waals surface area contributed by atoms with E-state index in [1.54, 1.807) is 43.2 Å². The number of methoxy groups -OCH3 is 1. The number of carbonyl (C=O) groups excluding carboxylic acids is 1. The first-order valence-corrected chi connectivity index (χ1v) is 7.00. The largest absolute Gasteiger partial charge is 0.497 e. The summed E-state index contributed by atoms with van der Waals surface area (Å²) >= 11 is 0. The van der Waals surface area contributed by atoms with Gasteiger partial charge in [0.2, 0.25) is 5.91 Å². The highest BCUT2D eigenvalue weighted by atomic mass is 16.5. The first-order chi connectivity index (χ1) is 10.5. The smallest absolute Gasteiger partial charge is 0.233 e. The van der Waals surface area contributed by atoms with Gasteiger partial charge in [-0.05, 0) is 36.8 Å². The molecule has 114 valence electrons. The molecule has 1 saturated heterocycles. The summed E-state index contributed by atoms with van der Waals surface area (Å²) in [5.41, 5.74) is 3.99. The quantitative estimate of drug-likeness (QED) is 0.515. The molecule has 0 bridgehead atoms. The van der Waals surface area contributed by atoms with Gasteiger partial charge in [-0.15, -0.1) is 18.1 Å². The van der Waals surface area contributed by atoms with Crippen molar-refractivity contribution >= 4 is 11.6 Å². The first kappa shape index (κ1) is 15.9. The van der Waals surface area contributed by atoms with Gasteiger partial charge in [0, 0.05) is 12.1 Å². The SMILES string of the molecule is C#CCC1C(=O)N(c2ccc(OC)cc2)C1C(O)C(C)=C=C. The van der Waals surface area contributed by atoms with Crippen LogP contribution in [0.25, 0.3) is 0 Å². The Balaban J connectivity index is 2.33. The normalized spacial score (nSPS) is 21.4. The Morgan fingerprint density at radius 3 is 2.64 bits per heavy atom. The van der Waals surface area contributed by atoms with E-state index in [2.05, 4.69) is 18.2 Å². The van der Waals surface area contributed by atoms with Gasteiger partial charge in [-0.25, -0.2) is 0 Å². The van der Waals surface area contributed by atoms with E-state index in [0.717, 1.165) is 0 Å². The predicted molar refractivity (Wildman–Crippen MR) is 85.5 cm³/mol. The summed E-state index contributed by atoms with van der Waals surface area (Å²) in [5, 5.41) is 10.5. The number of hydrogen-bond donors (Lipinski definition) is 1. The number of aliphatic hydroxyl groups excluding tert-OH is 1. The average molecular weight is 297 g/mol. The van der Waals surface area contributed by atoms with E-state index in [0.29, 0.717) is 23.4 Å². The number of β-lactam (4-membered cyclic amide) rings is 1. The number of amides is 1. The highest BCUT2D eigenvalue weighted by molar-refractivity contribution is 6.03. The minimum atomic E-state index is -0.837.